The zero-order valence-corrected chi connectivity index (χ0v) is 14.7. The summed E-state index contributed by atoms with van der Waals surface area (Å²) in [6, 6.07) is 8.21. The monoisotopic (exact) mass is 375 g/mol. The molecular weight excluding hydrogens is 356 g/mol. The van der Waals surface area contributed by atoms with Crippen molar-refractivity contribution in [2.75, 3.05) is 24.5 Å². The number of hydrogen-bond acceptors (Lipinski definition) is 4. The molecule has 0 aromatic heterocycles. The Morgan fingerprint density at radius 1 is 1.30 bits per heavy atom. The fourth-order valence-electron chi connectivity index (χ4n) is 3.32. The largest absolute Gasteiger partial charge is 0.371 e. The first-order valence-corrected chi connectivity index (χ1v) is 8.59. The average Bonchev–Trinajstić information content (AvgIpc) is 3.11. The van der Waals surface area contributed by atoms with Gasteiger partial charge in [-0.05, 0) is 37.5 Å². The normalized spacial score (nSPS) is 16.4. The highest BCUT2D eigenvalue weighted by Crippen LogP contribution is 2.25. The molecule has 2 aromatic carbocycles. The molecule has 1 amide bonds. The summed E-state index contributed by atoms with van der Waals surface area (Å²) in [6.07, 6.45) is 0.799. The molecule has 27 heavy (non-hydrogen) atoms. The average molecular weight is 375 g/mol. The number of hydrogen-bond donors (Lipinski definition) is 1. The fraction of sp³-hybridized carbons (Fsp3) is 0.316. The van der Waals surface area contributed by atoms with E-state index in [1.807, 2.05) is 4.90 Å². The molecule has 0 radical (unpaired) electrons. The summed E-state index contributed by atoms with van der Waals surface area (Å²) >= 11 is 0. The Morgan fingerprint density at radius 3 is 2.78 bits per heavy atom. The first-order valence-electron chi connectivity index (χ1n) is 8.59. The highest BCUT2D eigenvalue weighted by atomic mass is 19.2. The highest BCUT2D eigenvalue weighted by Gasteiger charge is 2.25. The molecule has 1 fully saturated rings. The van der Waals surface area contributed by atoms with Gasteiger partial charge in [0.25, 0.3) is 11.6 Å². The summed E-state index contributed by atoms with van der Waals surface area (Å²) in [5.41, 5.74) is 1.12. The third-order valence-corrected chi connectivity index (χ3v) is 4.85. The molecule has 1 N–H and O–H groups in total. The van der Waals surface area contributed by atoms with Gasteiger partial charge in [0.15, 0.2) is 11.6 Å². The van der Waals surface area contributed by atoms with Crippen molar-refractivity contribution in [1.29, 1.82) is 0 Å². The Bertz CT molecular complexity index is 888. The minimum absolute atomic E-state index is 0.0898. The molecule has 1 unspecified atom stereocenters. The lowest BCUT2D eigenvalue weighted by atomic mass is 10.1. The van der Waals surface area contributed by atoms with E-state index < -0.39 is 16.6 Å². The maximum Gasteiger partial charge on any atom is 0.273 e. The molecule has 8 heteroatoms. The molecule has 142 valence electrons. The van der Waals surface area contributed by atoms with Crippen molar-refractivity contribution in [2.24, 2.45) is 5.92 Å². The lowest BCUT2D eigenvalue weighted by molar-refractivity contribution is -0.385. The number of nitro groups is 1. The number of carbonyl (C=O) groups excluding carboxylic acids is 1. The SMILES string of the molecule is Cc1c(C(=O)NCC2CCN(c3ccc(F)c(F)c3)C2)cccc1[N+](=O)[O-]. The Labute approximate surface area is 154 Å². The topological polar surface area (TPSA) is 75.5 Å². The summed E-state index contributed by atoms with van der Waals surface area (Å²) in [7, 11) is 0. The first kappa shape index (κ1) is 18.8. The molecule has 0 aliphatic carbocycles. The Kier molecular flexibility index (Phi) is 5.34. The van der Waals surface area contributed by atoms with E-state index >= 15 is 0 Å². The summed E-state index contributed by atoms with van der Waals surface area (Å²) in [6.45, 7) is 3.25. The smallest absolute Gasteiger partial charge is 0.273 e. The van der Waals surface area contributed by atoms with E-state index in [0.717, 1.165) is 12.5 Å². The zero-order valence-electron chi connectivity index (χ0n) is 14.7. The van der Waals surface area contributed by atoms with Gasteiger partial charge in [-0.1, -0.05) is 6.07 Å². The maximum atomic E-state index is 13.4. The second kappa shape index (κ2) is 7.69. The molecule has 1 heterocycles. The zero-order chi connectivity index (χ0) is 19.6. The van der Waals surface area contributed by atoms with E-state index in [4.69, 9.17) is 0 Å². The molecule has 0 bridgehead atoms. The Morgan fingerprint density at radius 2 is 2.07 bits per heavy atom. The van der Waals surface area contributed by atoms with Gasteiger partial charge < -0.3 is 10.2 Å². The van der Waals surface area contributed by atoms with Crippen molar-refractivity contribution in [3.63, 3.8) is 0 Å². The molecule has 1 aliphatic rings. The van der Waals surface area contributed by atoms with Crippen molar-refractivity contribution in [3.05, 3.63) is 69.3 Å². The number of nitrogens with zero attached hydrogens (tertiary/aromatic N) is 2. The standard InChI is InChI=1S/C19H19F2N3O3/c1-12-15(3-2-4-18(12)24(26)27)19(25)22-10-13-7-8-23(11-13)14-5-6-16(20)17(21)9-14/h2-6,9,13H,7-8,10-11H2,1H3,(H,22,25). The van der Waals surface area contributed by atoms with Gasteiger partial charge in [0.05, 0.1) is 4.92 Å². The van der Waals surface area contributed by atoms with E-state index in [2.05, 4.69) is 5.32 Å². The number of halogens is 2. The molecule has 1 saturated heterocycles. The van der Waals surface area contributed by atoms with Gasteiger partial charge >= 0.3 is 0 Å². The fourth-order valence-corrected chi connectivity index (χ4v) is 3.32. The van der Waals surface area contributed by atoms with Crippen LogP contribution in [0.3, 0.4) is 0 Å². The van der Waals surface area contributed by atoms with Crippen molar-refractivity contribution in [2.45, 2.75) is 13.3 Å². The molecular formula is C19H19F2N3O3. The lowest BCUT2D eigenvalue weighted by Gasteiger charge is -2.19. The van der Waals surface area contributed by atoms with Crippen LogP contribution in [0.4, 0.5) is 20.2 Å². The van der Waals surface area contributed by atoms with Gasteiger partial charge in [-0.3, -0.25) is 14.9 Å². The third-order valence-electron chi connectivity index (χ3n) is 4.85. The summed E-state index contributed by atoms with van der Waals surface area (Å²) in [5, 5.41) is 13.8. The van der Waals surface area contributed by atoms with Crippen LogP contribution in [0.15, 0.2) is 36.4 Å². The Balaban J connectivity index is 1.60. The van der Waals surface area contributed by atoms with Gasteiger partial charge in [-0.25, -0.2) is 8.78 Å². The van der Waals surface area contributed by atoms with Gasteiger partial charge in [0, 0.05) is 48.6 Å². The minimum atomic E-state index is -0.884. The third kappa shape index (κ3) is 4.05. The quantitative estimate of drug-likeness (QED) is 0.642. The summed E-state index contributed by atoms with van der Waals surface area (Å²) < 4.78 is 26.5. The van der Waals surface area contributed by atoms with Gasteiger partial charge in [-0.15, -0.1) is 0 Å². The number of nitrogens with one attached hydrogen (secondary N) is 1. The van der Waals surface area contributed by atoms with Gasteiger partial charge in [0.2, 0.25) is 0 Å². The maximum absolute atomic E-state index is 13.4. The van der Waals surface area contributed by atoms with E-state index in [1.165, 1.54) is 24.3 Å². The lowest BCUT2D eigenvalue weighted by Crippen LogP contribution is -2.31. The number of benzene rings is 2. The van der Waals surface area contributed by atoms with Crippen LogP contribution in [-0.4, -0.2) is 30.5 Å². The molecule has 0 saturated carbocycles. The number of carbonyl (C=O) groups is 1. The van der Waals surface area contributed by atoms with Crippen LogP contribution < -0.4 is 10.2 Å². The Hall–Kier alpha value is -3.03. The number of amides is 1. The summed E-state index contributed by atoms with van der Waals surface area (Å²) in [5.74, 6) is -1.97. The predicted octanol–water partition coefficient (Wildman–Crippen LogP) is 3.44. The van der Waals surface area contributed by atoms with E-state index in [0.29, 0.717) is 30.9 Å². The molecule has 1 aliphatic heterocycles. The van der Waals surface area contributed by atoms with E-state index in [9.17, 15) is 23.7 Å². The van der Waals surface area contributed by atoms with Gasteiger partial charge in [0.1, 0.15) is 0 Å². The van der Waals surface area contributed by atoms with Crippen molar-refractivity contribution in [3.8, 4) is 0 Å². The molecule has 2 aromatic rings. The molecule has 1 atom stereocenters. The van der Waals surface area contributed by atoms with Crippen LogP contribution in [0.5, 0.6) is 0 Å². The van der Waals surface area contributed by atoms with Crippen LogP contribution in [0.1, 0.15) is 22.3 Å². The van der Waals surface area contributed by atoms with Gasteiger partial charge in [-0.2, -0.15) is 0 Å². The highest BCUT2D eigenvalue weighted by molar-refractivity contribution is 5.96. The first-order chi connectivity index (χ1) is 12.9. The minimum Gasteiger partial charge on any atom is -0.371 e. The van der Waals surface area contributed by atoms with Crippen LogP contribution in [-0.2, 0) is 0 Å². The van der Waals surface area contributed by atoms with E-state index in [1.54, 1.807) is 13.0 Å². The van der Waals surface area contributed by atoms with Crippen LogP contribution in [0.2, 0.25) is 0 Å². The predicted molar refractivity (Wildman–Crippen MR) is 96.8 cm³/mol. The van der Waals surface area contributed by atoms with Crippen molar-refractivity contribution >= 4 is 17.3 Å². The molecule has 6 nitrogen and oxygen atoms in total. The van der Waals surface area contributed by atoms with Crippen LogP contribution in [0.25, 0.3) is 0 Å². The molecule has 3 rings (SSSR count). The van der Waals surface area contributed by atoms with Crippen molar-refractivity contribution < 1.29 is 18.5 Å². The second-order valence-corrected chi connectivity index (χ2v) is 6.62. The molecule has 0 spiro atoms. The van der Waals surface area contributed by atoms with Crippen LogP contribution in [0, 0.1) is 34.6 Å². The number of anilines is 1. The van der Waals surface area contributed by atoms with Crippen molar-refractivity contribution in [1.82, 2.24) is 5.32 Å². The second-order valence-electron chi connectivity index (χ2n) is 6.62. The van der Waals surface area contributed by atoms with Crippen LogP contribution >= 0.6 is 0 Å². The number of nitro benzene ring substituents is 1. The van der Waals surface area contributed by atoms with E-state index in [-0.39, 0.29) is 23.1 Å². The number of rotatable bonds is 5. The summed E-state index contributed by atoms with van der Waals surface area (Å²) in [4.78, 5) is 24.8.